The highest BCUT2D eigenvalue weighted by molar-refractivity contribution is 5.97. The van der Waals surface area contributed by atoms with Crippen LogP contribution in [0.2, 0.25) is 0 Å². The van der Waals surface area contributed by atoms with Gasteiger partial charge in [-0.05, 0) is 43.4 Å². The molecule has 1 saturated heterocycles. The zero-order valence-electron chi connectivity index (χ0n) is 19.9. The lowest BCUT2D eigenvalue weighted by atomic mass is 10.0. The molecule has 0 aliphatic carbocycles. The van der Waals surface area contributed by atoms with Crippen LogP contribution in [0.3, 0.4) is 0 Å². The van der Waals surface area contributed by atoms with E-state index in [1.807, 2.05) is 56.0 Å². The minimum atomic E-state index is -0.591. The van der Waals surface area contributed by atoms with E-state index in [0.29, 0.717) is 38.2 Å². The largest absolute Gasteiger partial charge is 0.340 e. The van der Waals surface area contributed by atoms with Crippen LogP contribution < -0.4 is 5.32 Å². The number of benzene rings is 2. The smallest absolute Gasteiger partial charge is 0.251 e. The van der Waals surface area contributed by atoms with Crippen LogP contribution in [0.15, 0.2) is 54.6 Å². The maximum absolute atomic E-state index is 13.2. The number of rotatable bonds is 8. The molecule has 3 amide bonds. The van der Waals surface area contributed by atoms with Gasteiger partial charge in [-0.3, -0.25) is 14.4 Å². The molecule has 33 heavy (non-hydrogen) atoms. The molecule has 2 aromatic rings. The van der Waals surface area contributed by atoms with Crippen molar-refractivity contribution >= 4 is 17.7 Å². The second-order valence-corrected chi connectivity index (χ2v) is 9.11. The Bertz CT molecular complexity index is 933. The Morgan fingerprint density at radius 1 is 0.879 bits per heavy atom. The summed E-state index contributed by atoms with van der Waals surface area (Å²) in [5, 5.41) is 2.92. The number of carbonyl (C=O) groups excluding carboxylic acids is 3. The molecule has 1 N–H and O–H groups in total. The molecule has 3 rings (SSSR count). The molecule has 0 aromatic heterocycles. The molecule has 0 bridgehead atoms. The first-order chi connectivity index (χ1) is 15.8. The lowest BCUT2D eigenvalue weighted by Crippen LogP contribution is -2.57. The maximum Gasteiger partial charge on any atom is 0.251 e. The normalized spacial score (nSPS) is 14.8. The molecule has 1 aliphatic heterocycles. The summed E-state index contributed by atoms with van der Waals surface area (Å²) in [6.45, 7) is 7.89. The van der Waals surface area contributed by atoms with Crippen molar-refractivity contribution in [3.8, 4) is 0 Å². The molecule has 1 fully saturated rings. The standard InChI is InChI=1S/C27H35N3O3/c1-20(2)25(28-26(32)23-14-12-21(3)13-15-23)27(33)30-18-16-29(17-19-30)24(31)11-7-10-22-8-5-4-6-9-22/h4-6,8-9,12-15,20,25H,7,10-11,16-19H2,1-3H3,(H,28,32). The summed E-state index contributed by atoms with van der Waals surface area (Å²) in [4.78, 5) is 42.1. The lowest BCUT2D eigenvalue weighted by Gasteiger charge is -2.37. The average Bonchev–Trinajstić information content (AvgIpc) is 2.83. The van der Waals surface area contributed by atoms with E-state index in [-0.39, 0.29) is 23.6 Å². The minimum absolute atomic E-state index is 0.0375. The molecule has 1 unspecified atom stereocenters. The molecule has 6 heteroatoms. The van der Waals surface area contributed by atoms with Crippen molar-refractivity contribution < 1.29 is 14.4 Å². The van der Waals surface area contributed by atoms with Crippen LogP contribution in [0.4, 0.5) is 0 Å². The van der Waals surface area contributed by atoms with Crippen LogP contribution in [-0.2, 0) is 16.0 Å². The average molecular weight is 450 g/mol. The number of hydrogen-bond acceptors (Lipinski definition) is 3. The third-order valence-corrected chi connectivity index (χ3v) is 6.18. The van der Waals surface area contributed by atoms with Crippen LogP contribution >= 0.6 is 0 Å². The van der Waals surface area contributed by atoms with Crippen LogP contribution in [0.1, 0.15) is 48.2 Å². The Hall–Kier alpha value is -3.15. The minimum Gasteiger partial charge on any atom is -0.340 e. The monoisotopic (exact) mass is 449 g/mol. The summed E-state index contributed by atoms with van der Waals surface area (Å²) in [5.41, 5.74) is 2.87. The van der Waals surface area contributed by atoms with Gasteiger partial charge in [-0.2, -0.15) is 0 Å². The van der Waals surface area contributed by atoms with E-state index in [4.69, 9.17) is 0 Å². The number of carbonyl (C=O) groups is 3. The first-order valence-electron chi connectivity index (χ1n) is 11.8. The van der Waals surface area contributed by atoms with Crippen LogP contribution in [0.5, 0.6) is 0 Å². The van der Waals surface area contributed by atoms with E-state index < -0.39 is 6.04 Å². The Balaban J connectivity index is 1.48. The van der Waals surface area contributed by atoms with Crippen molar-refractivity contribution in [1.29, 1.82) is 0 Å². The first kappa shape index (κ1) is 24.5. The zero-order chi connectivity index (χ0) is 23.8. The third-order valence-electron chi connectivity index (χ3n) is 6.18. The summed E-state index contributed by atoms with van der Waals surface area (Å²) in [7, 11) is 0. The Labute approximate surface area is 197 Å². The molecule has 0 saturated carbocycles. The topological polar surface area (TPSA) is 69.7 Å². The maximum atomic E-state index is 13.2. The fourth-order valence-corrected chi connectivity index (χ4v) is 4.06. The van der Waals surface area contributed by atoms with Gasteiger partial charge in [0.2, 0.25) is 11.8 Å². The Morgan fingerprint density at radius 3 is 2.09 bits per heavy atom. The predicted molar refractivity (Wildman–Crippen MR) is 130 cm³/mol. The molecular formula is C27H35N3O3. The first-order valence-corrected chi connectivity index (χ1v) is 11.8. The van der Waals surface area contributed by atoms with E-state index in [1.54, 1.807) is 17.0 Å². The summed E-state index contributed by atoms with van der Waals surface area (Å²) < 4.78 is 0. The van der Waals surface area contributed by atoms with Crippen LogP contribution in [0, 0.1) is 12.8 Å². The number of nitrogens with zero attached hydrogens (tertiary/aromatic N) is 2. The number of amides is 3. The van der Waals surface area contributed by atoms with Gasteiger partial charge < -0.3 is 15.1 Å². The summed E-state index contributed by atoms with van der Waals surface area (Å²) in [6.07, 6.45) is 2.23. The van der Waals surface area contributed by atoms with Crippen LogP contribution in [0.25, 0.3) is 0 Å². The van der Waals surface area contributed by atoms with Gasteiger partial charge in [-0.25, -0.2) is 0 Å². The molecule has 2 aromatic carbocycles. The van der Waals surface area contributed by atoms with Crippen molar-refractivity contribution in [3.63, 3.8) is 0 Å². The number of piperazine rings is 1. The molecule has 0 radical (unpaired) electrons. The van der Waals surface area contributed by atoms with E-state index in [0.717, 1.165) is 18.4 Å². The molecule has 1 heterocycles. The highest BCUT2D eigenvalue weighted by Crippen LogP contribution is 2.13. The quantitative estimate of drug-likeness (QED) is 0.671. The lowest BCUT2D eigenvalue weighted by molar-refractivity contribution is -0.141. The fourth-order valence-electron chi connectivity index (χ4n) is 4.06. The van der Waals surface area contributed by atoms with Crippen molar-refractivity contribution in [3.05, 3.63) is 71.3 Å². The van der Waals surface area contributed by atoms with E-state index in [2.05, 4.69) is 17.4 Å². The van der Waals surface area contributed by atoms with Crippen molar-refractivity contribution in [2.75, 3.05) is 26.2 Å². The summed E-state index contributed by atoms with van der Waals surface area (Å²) in [6, 6.07) is 16.9. The predicted octanol–water partition coefficient (Wildman–Crippen LogP) is 3.44. The number of aryl methyl sites for hydroxylation is 2. The summed E-state index contributed by atoms with van der Waals surface area (Å²) in [5.74, 6) is -0.216. The van der Waals surface area contributed by atoms with Gasteiger partial charge in [0, 0.05) is 38.2 Å². The molecule has 1 aliphatic rings. The second-order valence-electron chi connectivity index (χ2n) is 9.11. The van der Waals surface area contributed by atoms with Crippen molar-refractivity contribution in [1.82, 2.24) is 15.1 Å². The molecule has 0 spiro atoms. The van der Waals surface area contributed by atoms with E-state index in [9.17, 15) is 14.4 Å². The van der Waals surface area contributed by atoms with Gasteiger partial charge in [0.25, 0.3) is 5.91 Å². The number of nitrogens with one attached hydrogen (secondary N) is 1. The highest BCUT2D eigenvalue weighted by atomic mass is 16.2. The van der Waals surface area contributed by atoms with Gasteiger partial charge in [0.1, 0.15) is 6.04 Å². The number of hydrogen-bond donors (Lipinski definition) is 1. The Kier molecular flexibility index (Phi) is 8.64. The van der Waals surface area contributed by atoms with Gasteiger partial charge in [0.15, 0.2) is 0 Å². The fraction of sp³-hybridized carbons (Fsp3) is 0.444. The molecule has 6 nitrogen and oxygen atoms in total. The van der Waals surface area contributed by atoms with Gasteiger partial charge in [-0.15, -0.1) is 0 Å². The third kappa shape index (κ3) is 6.91. The van der Waals surface area contributed by atoms with E-state index >= 15 is 0 Å². The molecular weight excluding hydrogens is 414 g/mol. The zero-order valence-corrected chi connectivity index (χ0v) is 19.9. The van der Waals surface area contributed by atoms with Crippen molar-refractivity contribution in [2.24, 2.45) is 5.92 Å². The molecule has 1 atom stereocenters. The Morgan fingerprint density at radius 2 is 1.48 bits per heavy atom. The SMILES string of the molecule is Cc1ccc(C(=O)NC(C(=O)N2CCN(C(=O)CCCc3ccccc3)CC2)C(C)C)cc1. The second kappa shape index (κ2) is 11.6. The van der Waals surface area contributed by atoms with Gasteiger partial charge >= 0.3 is 0 Å². The highest BCUT2D eigenvalue weighted by Gasteiger charge is 2.31. The van der Waals surface area contributed by atoms with Gasteiger partial charge in [0.05, 0.1) is 0 Å². The summed E-state index contributed by atoms with van der Waals surface area (Å²) >= 11 is 0. The van der Waals surface area contributed by atoms with Crippen LogP contribution in [-0.4, -0.2) is 59.7 Å². The van der Waals surface area contributed by atoms with E-state index in [1.165, 1.54) is 5.56 Å². The van der Waals surface area contributed by atoms with Gasteiger partial charge in [-0.1, -0.05) is 61.9 Å². The molecule has 176 valence electrons. The van der Waals surface area contributed by atoms with Crippen molar-refractivity contribution in [2.45, 2.75) is 46.1 Å².